The number of carbonyl (C=O) groups is 3. The second kappa shape index (κ2) is 4.93. The summed E-state index contributed by atoms with van der Waals surface area (Å²) in [6.45, 7) is 0. The van der Waals surface area contributed by atoms with Crippen LogP contribution < -0.4 is 5.32 Å². The van der Waals surface area contributed by atoms with Crippen LogP contribution >= 0.6 is 11.6 Å². The van der Waals surface area contributed by atoms with Gasteiger partial charge >= 0.3 is 0 Å². The largest absolute Gasteiger partial charge is 0.324 e. The van der Waals surface area contributed by atoms with Crippen molar-refractivity contribution >= 4 is 35.0 Å². The number of nitrogens with zero attached hydrogens (tertiary/aromatic N) is 1. The molecule has 0 spiro atoms. The van der Waals surface area contributed by atoms with Crippen LogP contribution in [0, 0.1) is 0 Å². The van der Waals surface area contributed by atoms with Crippen molar-refractivity contribution in [2.24, 2.45) is 0 Å². The molecule has 114 valence electrons. The Kier molecular flexibility index (Phi) is 2.99. The topological polar surface area (TPSA) is 66.5 Å². The Morgan fingerprint density at radius 1 is 1.00 bits per heavy atom. The molecule has 6 heteroatoms. The van der Waals surface area contributed by atoms with E-state index in [4.69, 9.17) is 11.6 Å². The highest BCUT2D eigenvalue weighted by molar-refractivity contribution is 6.31. The molecule has 2 aromatic rings. The maximum absolute atomic E-state index is 12.5. The number of fused-ring (bicyclic) bond motifs is 2. The third-order valence-corrected chi connectivity index (χ3v) is 4.42. The summed E-state index contributed by atoms with van der Waals surface area (Å²) in [7, 11) is 0. The summed E-state index contributed by atoms with van der Waals surface area (Å²) in [6.07, 6.45) is 0.282. The molecule has 0 fully saturated rings. The van der Waals surface area contributed by atoms with Gasteiger partial charge in [-0.1, -0.05) is 29.8 Å². The van der Waals surface area contributed by atoms with Gasteiger partial charge < -0.3 is 5.32 Å². The lowest BCUT2D eigenvalue weighted by Gasteiger charge is -2.30. The van der Waals surface area contributed by atoms with Gasteiger partial charge in [-0.05, 0) is 29.8 Å². The minimum absolute atomic E-state index is 0.282. The molecule has 4 rings (SSSR count). The van der Waals surface area contributed by atoms with Crippen LogP contribution in [0.2, 0.25) is 5.02 Å². The summed E-state index contributed by atoms with van der Waals surface area (Å²) in [5, 5.41) is 3.24. The zero-order chi connectivity index (χ0) is 16.1. The molecular weight excluding hydrogens is 316 g/mol. The minimum atomic E-state index is -0.851. The maximum atomic E-state index is 12.5. The molecule has 2 aliphatic rings. The van der Waals surface area contributed by atoms with E-state index in [2.05, 4.69) is 5.32 Å². The average Bonchev–Trinajstić information content (AvgIpc) is 2.79. The van der Waals surface area contributed by atoms with E-state index >= 15 is 0 Å². The zero-order valence-electron chi connectivity index (χ0n) is 11.9. The molecule has 1 atom stereocenters. The van der Waals surface area contributed by atoms with Crippen LogP contribution in [0.1, 0.15) is 26.3 Å². The number of rotatable bonds is 1. The van der Waals surface area contributed by atoms with Crippen LogP contribution in [-0.4, -0.2) is 28.7 Å². The van der Waals surface area contributed by atoms with E-state index in [0.717, 1.165) is 10.5 Å². The van der Waals surface area contributed by atoms with Crippen LogP contribution in [0.5, 0.6) is 0 Å². The fraction of sp³-hybridized carbons (Fsp3) is 0.118. The number of nitrogens with one attached hydrogen (secondary N) is 1. The van der Waals surface area contributed by atoms with Crippen molar-refractivity contribution < 1.29 is 14.4 Å². The second-order valence-electron chi connectivity index (χ2n) is 5.54. The van der Waals surface area contributed by atoms with Gasteiger partial charge in [0.2, 0.25) is 5.91 Å². The van der Waals surface area contributed by atoms with Gasteiger partial charge in [-0.3, -0.25) is 19.3 Å². The molecule has 0 radical (unpaired) electrons. The minimum Gasteiger partial charge on any atom is -0.324 e. The number of imide groups is 1. The van der Waals surface area contributed by atoms with E-state index in [0.29, 0.717) is 21.8 Å². The van der Waals surface area contributed by atoms with Gasteiger partial charge in [0.05, 0.1) is 11.1 Å². The van der Waals surface area contributed by atoms with Gasteiger partial charge in [-0.25, -0.2) is 0 Å². The van der Waals surface area contributed by atoms with Crippen molar-refractivity contribution in [2.75, 3.05) is 5.32 Å². The summed E-state index contributed by atoms with van der Waals surface area (Å²) in [6, 6.07) is 10.9. The molecule has 5 nitrogen and oxygen atoms in total. The van der Waals surface area contributed by atoms with Gasteiger partial charge in [-0.2, -0.15) is 0 Å². The smallest absolute Gasteiger partial charge is 0.262 e. The first-order chi connectivity index (χ1) is 11.1. The first-order valence-electron chi connectivity index (χ1n) is 7.12. The number of hydrogen-bond acceptors (Lipinski definition) is 3. The second-order valence-corrected chi connectivity index (χ2v) is 5.97. The molecule has 0 unspecified atom stereocenters. The Morgan fingerprint density at radius 3 is 2.30 bits per heavy atom. The number of carbonyl (C=O) groups excluding carboxylic acids is 3. The summed E-state index contributed by atoms with van der Waals surface area (Å²) in [5.41, 5.74) is 2.14. The maximum Gasteiger partial charge on any atom is 0.262 e. The van der Waals surface area contributed by atoms with Gasteiger partial charge in [0.1, 0.15) is 6.04 Å². The summed E-state index contributed by atoms with van der Waals surface area (Å²) in [4.78, 5) is 38.5. The van der Waals surface area contributed by atoms with E-state index in [1.54, 1.807) is 42.5 Å². The number of hydrogen-bond donors (Lipinski definition) is 1. The van der Waals surface area contributed by atoms with Crippen molar-refractivity contribution in [3.63, 3.8) is 0 Å². The van der Waals surface area contributed by atoms with Crippen molar-refractivity contribution in [2.45, 2.75) is 12.5 Å². The molecule has 3 amide bonds. The number of halogens is 1. The fourth-order valence-electron chi connectivity index (χ4n) is 3.06. The molecule has 2 heterocycles. The lowest BCUT2D eigenvalue weighted by Crippen LogP contribution is -2.50. The normalized spacial score (nSPS) is 19.4. The zero-order valence-corrected chi connectivity index (χ0v) is 12.6. The first-order valence-corrected chi connectivity index (χ1v) is 7.50. The van der Waals surface area contributed by atoms with Crippen molar-refractivity contribution in [3.05, 3.63) is 64.2 Å². The molecule has 2 aromatic carbocycles. The number of anilines is 1. The molecule has 0 aromatic heterocycles. The Balaban J connectivity index is 1.72. The predicted molar refractivity (Wildman–Crippen MR) is 84.5 cm³/mol. The molecule has 0 aliphatic carbocycles. The lowest BCUT2D eigenvalue weighted by atomic mass is 9.98. The van der Waals surface area contributed by atoms with Gasteiger partial charge in [0.25, 0.3) is 11.8 Å². The summed E-state index contributed by atoms with van der Waals surface area (Å²) in [5.74, 6) is -1.24. The van der Waals surface area contributed by atoms with E-state index in [-0.39, 0.29) is 12.3 Å². The first kappa shape index (κ1) is 14.0. The standard InChI is InChI=1S/C17H11ClN2O3/c18-10-6-5-9-7-14(15(21)19-13(9)8-10)20-16(22)11-3-1-2-4-12(11)17(20)23/h1-6,8,14H,7H2,(H,19,21)/t14-/m0/s1. The predicted octanol–water partition coefficient (Wildman–Crippen LogP) is 2.50. The SMILES string of the molecule is O=C1Nc2cc(Cl)ccc2C[C@@H]1N1C(=O)c2ccccc2C1=O. The van der Waals surface area contributed by atoms with E-state index in [9.17, 15) is 14.4 Å². The third-order valence-electron chi connectivity index (χ3n) is 4.18. The lowest BCUT2D eigenvalue weighted by molar-refractivity contribution is -0.120. The highest BCUT2D eigenvalue weighted by atomic mass is 35.5. The molecule has 1 N–H and O–H groups in total. The summed E-state index contributed by atoms with van der Waals surface area (Å²) >= 11 is 5.93. The van der Waals surface area contributed by atoms with E-state index in [1.165, 1.54) is 0 Å². The van der Waals surface area contributed by atoms with Gasteiger partial charge in [0, 0.05) is 17.1 Å². The fourth-order valence-corrected chi connectivity index (χ4v) is 3.23. The molecule has 0 saturated carbocycles. The Hall–Kier alpha value is -2.66. The van der Waals surface area contributed by atoms with Crippen LogP contribution in [0.15, 0.2) is 42.5 Å². The van der Waals surface area contributed by atoms with Gasteiger partial charge in [0.15, 0.2) is 0 Å². The monoisotopic (exact) mass is 326 g/mol. The van der Waals surface area contributed by atoms with Crippen LogP contribution in [0.3, 0.4) is 0 Å². The molecular formula is C17H11ClN2O3. The van der Waals surface area contributed by atoms with Crippen LogP contribution in [0.4, 0.5) is 5.69 Å². The highest BCUT2D eigenvalue weighted by Crippen LogP contribution is 2.31. The molecule has 0 bridgehead atoms. The van der Waals surface area contributed by atoms with Gasteiger partial charge in [-0.15, -0.1) is 0 Å². The summed E-state index contributed by atoms with van der Waals surface area (Å²) < 4.78 is 0. The van der Waals surface area contributed by atoms with E-state index < -0.39 is 17.9 Å². The highest BCUT2D eigenvalue weighted by Gasteiger charge is 2.44. The Bertz CT molecular complexity index is 843. The Morgan fingerprint density at radius 2 is 1.65 bits per heavy atom. The van der Waals surface area contributed by atoms with Crippen molar-refractivity contribution in [3.8, 4) is 0 Å². The molecule has 23 heavy (non-hydrogen) atoms. The molecule has 2 aliphatic heterocycles. The number of amides is 3. The van der Waals surface area contributed by atoms with Crippen molar-refractivity contribution in [1.29, 1.82) is 0 Å². The number of benzene rings is 2. The van der Waals surface area contributed by atoms with Crippen LogP contribution in [-0.2, 0) is 11.2 Å². The Labute approximate surface area is 136 Å². The van der Waals surface area contributed by atoms with Crippen molar-refractivity contribution in [1.82, 2.24) is 4.90 Å². The quantitative estimate of drug-likeness (QED) is 0.819. The average molecular weight is 327 g/mol. The molecule has 0 saturated heterocycles. The van der Waals surface area contributed by atoms with E-state index in [1.807, 2.05) is 0 Å². The third kappa shape index (κ3) is 2.04. The van der Waals surface area contributed by atoms with Crippen LogP contribution in [0.25, 0.3) is 0 Å².